The normalized spacial score (nSPS) is 16.4. The minimum atomic E-state index is -3.53. The highest BCUT2D eigenvalue weighted by Crippen LogP contribution is 2.35. The molecule has 0 bridgehead atoms. The van der Waals surface area contributed by atoms with E-state index in [1.165, 1.54) is 28.6 Å². The van der Waals surface area contributed by atoms with Gasteiger partial charge in [-0.25, -0.2) is 8.42 Å². The van der Waals surface area contributed by atoms with Crippen molar-refractivity contribution in [1.82, 2.24) is 4.31 Å². The maximum atomic E-state index is 12.7. The predicted molar refractivity (Wildman–Crippen MR) is 121 cm³/mol. The molecular formula is C23H25N3O5S. The first kappa shape index (κ1) is 22.0. The van der Waals surface area contributed by atoms with Gasteiger partial charge in [0.1, 0.15) is 5.75 Å². The van der Waals surface area contributed by atoms with Crippen molar-refractivity contribution < 1.29 is 22.7 Å². The Morgan fingerprint density at radius 2 is 1.81 bits per heavy atom. The van der Waals surface area contributed by atoms with Crippen molar-refractivity contribution in [3.8, 4) is 5.75 Å². The van der Waals surface area contributed by atoms with Crippen LogP contribution in [0.5, 0.6) is 5.75 Å². The molecule has 168 valence electrons. The van der Waals surface area contributed by atoms with E-state index in [-0.39, 0.29) is 23.3 Å². The summed E-state index contributed by atoms with van der Waals surface area (Å²) in [5.41, 5.74) is 2.21. The third-order valence-electron chi connectivity index (χ3n) is 5.41. The van der Waals surface area contributed by atoms with Crippen molar-refractivity contribution in [3.05, 3.63) is 60.2 Å². The average molecular weight is 456 g/mol. The van der Waals surface area contributed by atoms with E-state index in [9.17, 15) is 18.0 Å². The van der Waals surface area contributed by atoms with Crippen LogP contribution in [0.1, 0.15) is 30.1 Å². The number of amides is 2. The SMILES string of the molecule is C=C(C)CN1C(=O)COc2ccc(NC(=O)c3ccc(S(=O)(=O)N4CCCC4)cc3)cc21. The summed E-state index contributed by atoms with van der Waals surface area (Å²) in [6, 6.07) is 11.0. The van der Waals surface area contributed by atoms with Crippen LogP contribution in [0.25, 0.3) is 0 Å². The van der Waals surface area contributed by atoms with E-state index in [4.69, 9.17) is 4.74 Å². The molecule has 0 radical (unpaired) electrons. The van der Waals surface area contributed by atoms with Crippen LogP contribution in [0.15, 0.2) is 59.5 Å². The predicted octanol–water partition coefficient (Wildman–Crippen LogP) is 3.02. The summed E-state index contributed by atoms with van der Waals surface area (Å²) >= 11 is 0. The second-order valence-electron chi connectivity index (χ2n) is 8.00. The van der Waals surface area contributed by atoms with Gasteiger partial charge in [-0.3, -0.25) is 9.59 Å². The molecule has 32 heavy (non-hydrogen) atoms. The minimum Gasteiger partial charge on any atom is -0.482 e. The molecule has 0 saturated carbocycles. The summed E-state index contributed by atoms with van der Waals surface area (Å²) in [5.74, 6) is -0.0105. The van der Waals surface area contributed by atoms with Gasteiger partial charge in [0.25, 0.3) is 11.8 Å². The summed E-state index contributed by atoms with van der Waals surface area (Å²) in [5, 5.41) is 2.80. The molecule has 9 heteroatoms. The summed E-state index contributed by atoms with van der Waals surface area (Å²) in [6.45, 7) is 7.07. The van der Waals surface area contributed by atoms with Crippen molar-refractivity contribution in [1.29, 1.82) is 0 Å². The van der Waals surface area contributed by atoms with Gasteiger partial charge in [-0.2, -0.15) is 4.31 Å². The number of carbonyl (C=O) groups is 2. The molecule has 1 N–H and O–H groups in total. The van der Waals surface area contributed by atoms with Crippen LogP contribution in [0, 0.1) is 0 Å². The van der Waals surface area contributed by atoms with Gasteiger partial charge in [0.2, 0.25) is 10.0 Å². The largest absolute Gasteiger partial charge is 0.482 e. The number of ether oxygens (including phenoxy) is 1. The fourth-order valence-corrected chi connectivity index (χ4v) is 5.30. The Morgan fingerprint density at radius 1 is 1.12 bits per heavy atom. The molecule has 8 nitrogen and oxygen atoms in total. The molecule has 2 amide bonds. The lowest BCUT2D eigenvalue weighted by Crippen LogP contribution is -2.39. The Kier molecular flexibility index (Phi) is 6.03. The molecule has 0 aliphatic carbocycles. The zero-order valence-corrected chi connectivity index (χ0v) is 18.7. The molecule has 0 aromatic heterocycles. The second-order valence-corrected chi connectivity index (χ2v) is 9.94. The van der Waals surface area contributed by atoms with Crippen LogP contribution in [0.2, 0.25) is 0 Å². The van der Waals surface area contributed by atoms with Crippen LogP contribution in [0.4, 0.5) is 11.4 Å². The molecule has 0 unspecified atom stereocenters. The van der Waals surface area contributed by atoms with Gasteiger partial charge in [0.15, 0.2) is 6.61 Å². The van der Waals surface area contributed by atoms with Gasteiger partial charge in [-0.1, -0.05) is 12.2 Å². The van der Waals surface area contributed by atoms with E-state index in [1.807, 2.05) is 6.92 Å². The molecule has 2 aliphatic rings. The van der Waals surface area contributed by atoms with Gasteiger partial charge in [0.05, 0.1) is 10.6 Å². The monoisotopic (exact) mass is 455 g/mol. The Hall–Kier alpha value is -3.17. The summed E-state index contributed by atoms with van der Waals surface area (Å²) < 4.78 is 32.3. The second kappa shape index (κ2) is 8.76. The first-order valence-corrected chi connectivity index (χ1v) is 11.8. The molecule has 1 fully saturated rings. The molecule has 0 atom stereocenters. The third kappa shape index (κ3) is 4.39. The van der Waals surface area contributed by atoms with E-state index < -0.39 is 10.0 Å². The summed E-state index contributed by atoms with van der Waals surface area (Å²) in [7, 11) is -3.53. The van der Waals surface area contributed by atoms with E-state index >= 15 is 0 Å². The Balaban J connectivity index is 1.51. The standard InChI is InChI=1S/C23H25N3O5S/c1-16(2)14-26-20-13-18(7-10-21(20)31-15-22(26)27)24-23(28)17-5-8-19(9-6-17)32(29,30)25-11-3-4-12-25/h5-10,13H,1,3-4,11-12,14-15H2,2H3,(H,24,28). The van der Waals surface area contributed by atoms with Crippen LogP contribution in [-0.2, 0) is 14.8 Å². The fraction of sp³-hybridized carbons (Fsp3) is 0.304. The van der Waals surface area contributed by atoms with Gasteiger partial charge in [0, 0.05) is 30.9 Å². The molecular weight excluding hydrogens is 430 g/mol. The number of carbonyl (C=O) groups excluding carboxylic acids is 2. The smallest absolute Gasteiger partial charge is 0.265 e. The number of nitrogens with zero attached hydrogens (tertiary/aromatic N) is 2. The lowest BCUT2D eigenvalue weighted by molar-refractivity contribution is -0.121. The third-order valence-corrected chi connectivity index (χ3v) is 7.32. The molecule has 0 spiro atoms. The summed E-state index contributed by atoms with van der Waals surface area (Å²) in [4.78, 5) is 26.8. The number of benzene rings is 2. The van der Waals surface area contributed by atoms with Crippen molar-refractivity contribution in [2.24, 2.45) is 0 Å². The maximum Gasteiger partial charge on any atom is 0.265 e. The lowest BCUT2D eigenvalue weighted by Gasteiger charge is -2.30. The Labute approximate surface area is 187 Å². The first-order valence-electron chi connectivity index (χ1n) is 10.4. The maximum absolute atomic E-state index is 12.7. The number of hydrogen-bond donors (Lipinski definition) is 1. The number of anilines is 2. The summed E-state index contributed by atoms with van der Waals surface area (Å²) in [6.07, 6.45) is 1.72. The van der Waals surface area contributed by atoms with Crippen LogP contribution in [-0.4, -0.2) is 50.8 Å². The first-order chi connectivity index (χ1) is 15.3. The molecule has 2 aliphatic heterocycles. The number of sulfonamides is 1. The van der Waals surface area contributed by atoms with E-state index in [0.29, 0.717) is 42.3 Å². The van der Waals surface area contributed by atoms with Crippen LogP contribution < -0.4 is 15.0 Å². The van der Waals surface area contributed by atoms with Crippen molar-refractivity contribution >= 4 is 33.2 Å². The molecule has 4 rings (SSSR count). The van der Waals surface area contributed by atoms with E-state index in [0.717, 1.165) is 18.4 Å². The zero-order chi connectivity index (χ0) is 22.9. The quantitative estimate of drug-likeness (QED) is 0.676. The Morgan fingerprint density at radius 3 is 2.47 bits per heavy atom. The number of fused-ring (bicyclic) bond motifs is 1. The highest BCUT2D eigenvalue weighted by atomic mass is 32.2. The van der Waals surface area contributed by atoms with Crippen molar-refractivity contribution in [2.75, 3.05) is 36.5 Å². The van der Waals surface area contributed by atoms with Gasteiger partial charge >= 0.3 is 0 Å². The van der Waals surface area contributed by atoms with E-state index in [1.54, 1.807) is 23.1 Å². The van der Waals surface area contributed by atoms with Gasteiger partial charge < -0.3 is 15.0 Å². The van der Waals surface area contributed by atoms with Gasteiger partial charge in [-0.05, 0) is 62.2 Å². The minimum absolute atomic E-state index is 0.0430. The lowest BCUT2D eigenvalue weighted by atomic mass is 10.1. The van der Waals surface area contributed by atoms with Crippen LogP contribution in [0.3, 0.4) is 0 Å². The highest BCUT2D eigenvalue weighted by Gasteiger charge is 2.28. The molecule has 2 aromatic rings. The number of hydrogen-bond acceptors (Lipinski definition) is 5. The van der Waals surface area contributed by atoms with Gasteiger partial charge in [-0.15, -0.1) is 0 Å². The molecule has 2 aromatic carbocycles. The number of rotatable bonds is 6. The Bertz CT molecular complexity index is 1170. The topological polar surface area (TPSA) is 96.0 Å². The molecule has 2 heterocycles. The average Bonchev–Trinajstić information content (AvgIpc) is 3.32. The number of nitrogens with one attached hydrogen (secondary N) is 1. The zero-order valence-electron chi connectivity index (χ0n) is 17.8. The fourth-order valence-electron chi connectivity index (χ4n) is 3.78. The highest BCUT2D eigenvalue weighted by molar-refractivity contribution is 7.89. The van der Waals surface area contributed by atoms with Crippen LogP contribution >= 0.6 is 0 Å². The van der Waals surface area contributed by atoms with E-state index in [2.05, 4.69) is 11.9 Å². The van der Waals surface area contributed by atoms with Crippen molar-refractivity contribution in [2.45, 2.75) is 24.7 Å². The molecule has 1 saturated heterocycles. The van der Waals surface area contributed by atoms with Crippen molar-refractivity contribution in [3.63, 3.8) is 0 Å².